The van der Waals surface area contributed by atoms with Gasteiger partial charge in [-0.15, -0.1) is 0 Å². The largest absolute Gasteiger partial charge is 0.493 e. The summed E-state index contributed by atoms with van der Waals surface area (Å²) in [6.45, 7) is 12.8. The van der Waals surface area contributed by atoms with Crippen molar-refractivity contribution in [1.29, 1.82) is 0 Å². The van der Waals surface area contributed by atoms with Crippen molar-refractivity contribution in [1.82, 2.24) is 0 Å². The maximum Gasteiger partial charge on any atom is 0.341 e. The summed E-state index contributed by atoms with van der Waals surface area (Å²) in [5.74, 6) is 1.74. The van der Waals surface area contributed by atoms with Gasteiger partial charge in [-0.05, 0) is 86.8 Å². The lowest BCUT2D eigenvalue weighted by Gasteiger charge is -2.63. The molecule has 1 aromatic carbocycles. The number of carbonyl (C=O) groups excluding carboxylic acids is 1. The number of carbonyl (C=O) groups is 1. The van der Waals surface area contributed by atoms with Crippen molar-refractivity contribution in [2.24, 2.45) is 28.6 Å². The molecule has 0 N–H and O–H groups in total. The fraction of sp³-hybridized carbons (Fsp3) is 0.710. The lowest BCUT2D eigenvalue weighted by atomic mass is 9.46. The van der Waals surface area contributed by atoms with E-state index >= 15 is 0 Å². The highest BCUT2D eigenvalue weighted by molar-refractivity contribution is 5.92. The number of hydrogen-bond donors (Lipinski definition) is 0. The molecule has 198 valence electrons. The number of methoxy groups -OCH3 is 1. The Balaban J connectivity index is 1.29. The molecular weight excluding hydrogens is 452 g/mol. The SMILES string of the molecule is C=C1CCC2[C@]3(C)CO[C@@H](C4CCCC4)O[C@@H]3CC[C@@]2(C)[C@@H]1CCOc1cc(C)ccc1C(=O)OC. The highest BCUT2D eigenvalue weighted by atomic mass is 16.7. The second-order valence-electron chi connectivity index (χ2n) is 12.3. The molecule has 5 nitrogen and oxygen atoms in total. The number of allylic oxidation sites excluding steroid dienone is 1. The Labute approximate surface area is 216 Å². The smallest absolute Gasteiger partial charge is 0.341 e. The Hall–Kier alpha value is -1.85. The predicted molar refractivity (Wildman–Crippen MR) is 140 cm³/mol. The van der Waals surface area contributed by atoms with Crippen LogP contribution < -0.4 is 4.74 Å². The minimum Gasteiger partial charge on any atom is -0.493 e. The Bertz CT molecular complexity index is 981. The molecule has 1 unspecified atom stereocenters. The van der Waals surface area contributed by atoms with Gasteiger partial charge in [0.2, 0.25) is 0 Å². The molecule has 0 bridgehead atoms. The first-order valence-corrected chi connectivity index (χ1v) is 14.0. The van der Waals surface area contributed by atoms with Crippen LogP contribution in [0.15, 0.2) is 30.4 Å². The van der Waals surface area contributed by atoms with Crippen LogP contribution in [0.3, 0.4) is 0 Å². The topological polar surface area (TPSA) is 54.0 Å². The van der Waals surface area contributed by atoms with Gasteiger partial charge in [0.05, 0.1) is 26.4 Å². The molecule has 1 aromatic rings. The molecule has 4 fully saturated rings. The molecule has 5 rings (SSSR count). The summed E-state index contributed by atoms with van der Waals surface area (Å²) in [5.41, 5.74) is 3.08. The summed E-state index contributed by atoms with van der Waals surface area (Å²) in [6.07, 6.45) is 10.7. The Morgan fingerprint density at radius 2 is 1.92 bits per heavy atom. The van der Waals surface area contributed by atoms with E-state index in [1.807, 2.05) is 19.1 Å². The summed E-state index contributed by atoms with van der Waals surface area (Å²) in [5, 5.41) is 0. The van der Waals surface area contributed by atoms with E-state index in [0.29, 0.717) is 35.7 Å². The summed E-state index contributed by atoms with van der Waals surface area (Å²) >= 11 is 0. The average molecular weight is 497 g/mol. The summed E-state index contributed by atoms with van der Waals surface area (Å²) in [6, 6.07) is 5.63. The number of rotatable bonds is 6. The quantitative estimate of drug-likeness (QED) is 0.318. The van der Waals surface area contributed by atoms with Gasteiger partial charge in [0, 0.05) is 11.3 Å². The van der Waals surface area contributed by atoms with Crippen LogP contribution in [0.2, 0.25) is 0 Å². The molecule has 0 spiro atoms. The molecule has 5 heteroatoms. The Kier molecular flexibility index (Phi) is 7.26. The monoisotopic (exact) mass is 496 g/mol. The van der Waals surface area contributed by atoms with E-state index in [1.165, 1.54) is 38.4 Å². The van der Waals surface area contributed by atoms with Crippen LogP contribution in [0.1, 0.15) is 87.6 Å². The standard InChI is InChI=1S/C31H44O5/c1-20-10-12-23(28(32)33-5)25(18-20)34-17-15-24-21(2)11-13-26-30(24,3)16-14-27-31(26,4)19-35-29(36-27)22-8-6-7-9-22/h10,12,18,22,24,26-27,29H,2,6-9,11,13-17,19H2,1,3-5H3/t24-,26?,27-,29-,30+,31+/m1/s1. The average Bonchev–Trinajstić information content (AvgIpc) is 3.40. The number of esters is 1. The van der Waals surface area contributed by atoms with E-state index in [-0.39, 0.29) is 29.2 Å². The van der Waals surface area contributed by atoms with E-state index in [1.54, 1.807) is 6.07 Å². The van der Waals surface area contributed by atoms with Crippen LogP contribution in [0.4, 0.5) is 0 Å². The molecular formula is C31H44O5. The summed E-state index contributed by atoms with van der Waals surface area (Å²) in [7, 11) is 1.41. The van der Waals surface area contributed by atoms with Crippen LogP contribution >= 0.6 is 0 Å². The summed E-state index contributed by atoms with van der Waals surface area (Å²) in [4.78, 5) is 12.2. The fourth-order valence-corrected chi connectivity index (χ4v) is 8.18. The fourth-order valence-electron chi connectivity index (χ4n) is 8.18. The number of fused-ring (bicyclic) bond motifs is 3. The highest BCUT2D eigenvalue weighted by Gasteiger charge is 2.60. The second-order valence-corrected chi connectivity index (χ2v) is 12.3. The molecule has 1 saturated heterocycles. The zero-order valence-electron chi connectivity index (χ0n) is 22.6. The van der Waals surface area contributed by atoms with E-state index in [9.17, 15) is 4.79 Å². The van der Waals surface area contributed by atoms with E-state index < -0.39 is 0 Å². The third kappa shape index (κ3) is 4.51. The van der Waals surface area contributed by atoms with Crippen molar-refractivity contribution in [3.8, 4) is 5.75 Å². The van der Waals surface area contributed by atoms with Gasteiger partial charge in [0.25, 0.3) is 0 Å². The molecule has 0 radical (unpaired) electrons. The van der Waals surface area contributed by atoms with Crippen LogP contribution in [0, 0.1) is 35.5 Å². The van der Waals surface area contributed by atoms with Crippen molar-refractivity contribution in [2.45, 2.75) is 91.0 Å². The van der Waals surface area contributed by atoms with Crippen LogP contribution in [-0.2, 0) is 14.2 Å². The van der Waals surface area contributed by atoms with E-state index in [2.05, 4.69) is 20.4 Å². The minimum atomic E-state index is -0.362. The first kappa shape index (κ1) is 25.8. The maximum atomic E-state index is 12.2. The zero-order chi connectivity index (χ0) is 25.5. The zero-order valence-corrected chi connectivity index (χ0v) is 22.6. The van der Waals surface area contributed by atoms with Gasteiger partial charge in [-0.25, -0.2) is 4.79 Å². The predicted octanol–water partition coefficient (Wildman–Crippen LogP) is 6.87. The van der Waals surface area contributed by atoms with Crippen LogP contribution in [-0.4, -0.2) is 38.7 Å². The van der Waals surface area contributed by atoms with E-state index in [4.69, 9.17) is 18.9 Å². The molecule has 0 aromatic heterocycles. The normalized spacial score (nSPS) is 36.7. The third-order valence-electron chi connectivity index (χ3n) is 10.2. The van der Waals surface area contributed by atoms with Crippen LogP contribution in [0.25, 0.3) is 0 Å². The second kappa shape index (κ2) is 10.1. The van der Waals surface area contributed by atoms with Crippen molar-refractivity contribution in [2.75, 3.05) is 20.3 Å². The van der Waals surface area contributed by atoms with E-state index in [0.717, 1.165) is 44.3 Å². The molecule has 0 amide bonds. The highest BCUT2D eigenvalue weighted by Crippen LogP contribution is 2.63. The van der Waals surface area contributed by atoms with Crippen molar-refractivity contribution >= 4 is 5.97 Å². The number of benzene rings is 1. The van der Waals surface area contributed by atoms with Gasteiger partial charge in [0.1, 0.15) is 11.3 Å². The molecule has 1 aliphatic heterocycles. The molecule has 3 aliphatic carbocycles. The number of aryl methyl sites for hydroxylation is 1. The lowest BCUT2D eigenvalue weighted by molar-refractivity contribution is -0.316. The molecule has 6 atom stereocenters. The van der Waals surface area contributed by atoms with Crippen LogP contribution in [0.5, 0.6) is 5.75 Å². The minimum absolute atomic E-state index is 0.00369. The molecule has 36 heavy (non-hydrogen) atoms. The number of ether oxygens (including phenoxy) is 4. The van der Waals surface area contributed by atoms with Gasteiger partial charge >= 0.3 is 5.97 Å². The molecule has 1 heterocycles. The lowest BCUT2D eigenvalue weighted by Crippen LogP contribution is -2.62. The first-order chi connectivity index (χ1) is 17.3. The van der Waals surface area contributed by atoms with Gasteiger partial charge < -0.3 is 18.9 Å². The first-order valence-electron chi connectivity index (χ1n) is 14.0. The third-order valence-corrected chi connectivity index (χ3v) is 10.2. The van der Waals surface area contributed by atoms with Gasteiger partial charge in [-0.2, -0.15) is 0 Å². The molecule has 4 aliphatic rings. The van der Waals surface area contributed by atoms with Crippen molar-refractivity contribution in [3.63, 3.8) is 0 Å². The van der Waals surface area contributed by atoms with Gasteiger partial charge in [-0.1, -0.05) is 44.9 Å². The number of hydrogen-bond acceptors (Lipinski definition) is 5. The summed E-state index contributed by atoms with van der Waals surface area (Å²) < 4.78 is 24.4. The Morgan fingerprint density at radius 3 is 2.67 bits per heavy atom. The Morgan fingerprint density at radius 1 is 1.14 bits per heavy atom. The molecule has 3 saturated carbocycles. The van der Waals surface area contributed by atoms with Gasteiger partial charge in [-0.3, -0.25) is 0 Å². The maximum absolute atomic E-state index is 12.2. The van der Waals surface area contributed by atoms with Crippen molar-refractivity contribution < 1.29 is 23.7 Å². The van der Waals surface area contributed by atoms with Gasteiger partial charge in [0.15, 0.2) is 6.29 Å². The van der Waals surface area contributed by atoms with Crippen molar-refractivity contribution in [3.05, 3.63) is 41.5 Å².